The van der Waals surface area contributed by atoms with Crippen molar-refractivity contribution in [2.24, 2.45) is 17.8 Å². The fourth-order valence-corrected chi connectivity index (χ4v) is 5.06. The molecular weight excluding hydrogens is 300 g/mol. The Balaban J connectivity index is 1.63. The maximum absolute atomic E-state index is 5.63. The highest BCUT2D eigenvalue weighted by Gasteiger charge is 2.41. The molecule has 4 atom stereocenters. The first-order valence-corrected chi connectivity index (χ1v) is 9.71. The van der Waals surface area contributed by atoms with E-state index in [0.29, 0.717) is 6.04 Å². The van der Waals surface area contributed by atoms with E-state index in [1.807, 2.05) is 0 Å². The molecule has 2 N–H and O–H groups in total. The highest BCUT2D eigenvalue weighted by atomic mass is 32.1. The zero-order valence-electron chi connectivity index (χ0n) is 14.7. The predicted octanol–water partition coefficient (Wildman–Crippen LogP) is 4.92. The number of benzene rings is 1. The van der Waals surface area contributed by atoms with Crippen LogP contribution in [0.5, 0.6) is 0 Å². The van der Waals surface area contributed by atoms with Crippen molar-refractivity contribution in [1.29, 1.82) is 0 Å². The standard InChI is InChI=1S/C20H30N2S/c1-4-15-7-6-8-16(5-2)19(15)22-20(23)21-13(3)18-12-14-9-10-17(18)11-14/h6-8,13-14,17-18H,4-5,9-12H2,1-3H3,(H2,21,22,23). The predicted molar refractivity (Wildman–Crippen MR) is 103 cm³/mol. The van der Waals surface area contributed by atoms with Crippen molar-refractivity contribution in [3.63, 3.8) is 0 Å². The van der Waals surface area contributed by atoms with Gasteiger partial charge in [0, 0.05) is 11.7 Å². The first kappa shape index (κ1) is 16.8. The van der Waals surface area contributed by atoms with Crippen molar-refractivity contribution in [2.45, 2.75) is 65.3 Å². The molecule has 0 heterocycles. The Bertz CT molecular complexity index is 547. The van der Waals surface area contributed by atoms with E-state index in [0.717, 1.165) is 35.7 Å². The topological polar surface area (TPSA) is 24.1 Å². The minimum Gasteiger partial charge on any atom is -0.360 e. The summed E-state index contributed by atoms with van der Waals surface area (Å²) in [5.74, 6) is 2.73. The molecule has 2 aliphatic rings. The van der Waals surface area contributed by atoms with E-state index < -0.39 is 0 Å². The van der Waals surface area contributed by atoms with E-state index >= 15 is 0 Å². The van der Waals surface area contributed by atoms with Crippen molar-refractivity contribution in [3.05, 3.63) is 29.3 Å². The van der Waals surface area contributed by atoms with Crippen LogP contribution in [0, 0.1) is 17.8 Å². The summed E-state index contributed by atoms with van der Waals surface area (Å²) in [7, 11) is 0. The zero-order chi connectivity index (χ0) is 16.4. The second kappa shape index (κ2) is 7.21. The van der Waals surface area contributed by atoms with Gasteiger partial charge in [0.15, 0.2) is 5.11 Å². The normalized spacial score (nSPS) is 27.0. The van der Waals surface area contributed by atoms with Crippen molar-refractivity contribution in [2.75, 3.05) is 5.32 Å². The summed E-state index contributed by atoms with van der Waals surface area (Å²) in [4.78, 5) is 0. The van der Waals surface area contributed by atoms with Crippen LogP contribution in [0.2, 0.25) is 0 Å². The van der Waals surface area contributed by atoms with Crippen LogP contribution in [-0.4, -0.2) is 11.2 Å². The highest BCUT2D eigenvalue weighted by Crippen LogP contribution is 2.49. The van der Waals surface area contributed by atoms with Gasteiger partial charge in [0.1, 0.15) is 0 Å². The maximum Gasteiger partial charge on any atom is 0.171 e. The Hall–Kier alpha value is -1.09. The number of fused-ring (bicyclic) bond motifs is 2. The molecule has 2 saturated carbocycles. The largest absolute Gasteiger partial charge is 0.360 e. The second-order valence-electron chi connectivity index (χ2n) is 7.38. The number of thiocarbonyl (C=S) groups is 1. The van der Waals surface area contributed by atoms with E-state index in [2.05, 4.69) is 49.6 Å². The molecule has 0 amide bonds. The number of para-hydroxylation sites is 1. The third kappa shape index (κ3) is 3.55. The Morgan fingerprint density at radius 2 is 1.87 bits per heavy atom. The monoisotopic (exact) mass is 330 g/mol. The lowest BCUT2D eigenvalue weighted by molar-refractivity contribution is 0.279. The lowest BCUT2D eigenvalue weighted by Gasteiger charge is -2.30. The van der Waals surface area contributed by atoms with Gasteiger partial charge >= 0.3 is 0 Å². The smallest absolute Gasteiger partial charge is 0.171 e. The molecular formula is C20H30N2S. The molecule has 3 heteroatoms. The van der Waals surface area contributed by atoms with Gasteiger partial charge in [-0.2, -0.15) is 0 Å². The quantitative estimate of drug-likeness (QED) is 0.749. The third-order valence-electron chi connectivity index (χ3n) is 6.03. The average Bonchev–Trinajstić information content (AvgIpc) is 3.18. The molecule has 2 aliphatic carbocycles. The molecule has 0 aromatic heterocycles. The average molecular weight is 331 g/mol. The van der Waals surface area contributed by atoms with Gasteiger partial charge in [0.25, 0.3) is 0 Å². The molecule has 0 saturated heterocycles. The summed E-state index contributed by atoms with van der Waals surface area (Å²) in [6.45, 7) is 6.72. The van der Waals surface area contributed by atoms with Gasteiger partial charge in [0.05, 0.1) is 0 Å². The van der Waals surface area contributed by atoms with Gasteiger partial charge < -0.3 is 10.6 Å². The number of rotatable bonds is 5. The van der Waals surface area contributed by atoms with Crippen molar-refractivity contribution >= 4 is 23.0 Å². The Kier molecular flexibility index (Phi) is 5.25. The minimum atomic E-state index is 0.476. The SMILES string of the molecule is CCc1cccc(CC)c1NC(=S)NC(C)C1CC2CCC1C2. The zero-order valence-corrected chi connectivity index (χ0v) is 15.5. The molecule has 1 aromatic carbocycles. The molecule has 23 heavy (non-hydrogen) atoms. The summed E-state index contributed by atoms with van der Waals surface area (Å²) in [6, 6.07) is 7.02. The fraction of sp³-hybridized carbons (Fsp3) is 0.650. The lowest BCUT2D eigenvalue weighted by Crippen LogP contribution is -2.42. The fourth-order valence-electron chi connectivity index (χ4n) is 4.77. The molecule has 2 nitrogen and oxygen atoms in total. The van der Waals surface area contributed by atoms with Crippen molar-refractivity contribution < 1.29 is 0 Å². The van der Waals surface area contributed by atoms with Crippen LogP contribution in [0.15, 0.2) is 18.2 Å². The number of hydrogen-bond donors (Lipinski definition) is 2. The van der Waals surface area contributed by atoms with Gasteiger partial charge in [0.2, 0.25) is 0 Å². The van der Waals surface area contributed by atoms with Crippen molar-refractivity contribution in [1.82, 2.24) is 5.32 Å². The number of nitrogens with one attached hydrogen (secondary N) is 2. The molecule has 1 aromatic rings. The number of anilines is 1. The molecule has 0 aliphatic heterocycles. The van der Waals surface area contributed by atoms with Crippen LogP contribution in [0.3, 0.4) is 0 Å². The first-order chi connectivity index (χ1) is 11.1. The molecule has 0 spiro atoms. The number of hydrogen-bond acceptors (Lipinski definition) is 1. The van der Waals surface area contributed by atoms with Gasteiger partial charge in [-0.3, -0.25) is 0 Å². The summed E-state index contributed by atoms with van der Waals surface area (Å²) in [6.07, 6.45) is 7.80. The van der Waals surface area contributed by atoms with Crippen LogP contribution >= 0.6 is 12.2 Å². The van der Waals surface area contributed by atoms with Crippen molar-refractivity contribution in [3.8, 4) is 0 Å². The Morgan fingerprint density at radius 3 is 2.39 bits per heavy atom. The molecule has 0 radical (unpaired) electrons. The van der Waals surface area contributed by atoms with E-state index in [4.69, 9.17) is 12.2 Å². The van der Waals surface area contributed by atoms with Crippen LogP contribution < -0.4 is 10.6 Å². The summed E-state index contributed by atoms with van der Waals surface area (Å²) in [5, 5.41) is 7.87. The summed E-state index contributed by atoms with van der Waals surface area (Å²) >= 11 is 5.63. The minimum absolute atomic E-state index is 0.476. The van der Waals surface area contributed by atoms with Crippen LogP contribution in [0.4, 0.5) is 5.69 Å². The van der Waals surface area contributed by atoms with Gasteiger partial charge in [-0.05, 0) is 80.1 Å². The summed E-state index contributed by atoms with van der Waals surface area (Å²) < 4.78 is 0. The molecule has 3 rings (SSSR count). The highest BCUT2D eigenvalue weighted by molar-refractivity contribution is 7.80. The Labute approximate surface area is 146 Å². The first-order valence-electron chi connectivity index (χ1n) is 9.30. The summed E-state index contributed by atoms with van der Waals surface area (Å²) in [5.41, 5.74) is 3.91. The van der Waals surface area contributed by atoms with E-state index in [-0.39, 0.29) is 0 Å². The van der Waals surface area contributed by atoms with Gasteiger partial charge in [-0.15, -0.1) is 0 Å². The van der Waals surface area contributed by atoms with Crippen LogP contribution in [0.1, 0.15) is 57.6 Å². The Morgan fingerprint density at radius 1 is 1.17 bits per heavy atom. The van der Waals surface area contributed by atoms with E-state index in [9.17, 15) is 0 Å². The number of aryl methyl sites for hydroxylation is 2. The molecule has 126 valence electrons. The van der Waals surface area contributed by atoms with Crippen LogP contribution in [0.25, 0.3) is 0 Å². The van der Waals surface area contributed by atoms with E-state index in [1.165, 1.54) is 42.5 Å². The second-order valence-corrected chi connectivity index (χ2v) is 7.79. The van der Waals surface area contributed by atoms with Gasteiger partial charge in [-0.25, -0.2) is 0 Å². The van der Waals surface area contributed by atoms with E-state index in [1.54, 1.807) is 0 Å². The molecule has 2 bridgehead atoms. The lowest BCUT2D eigenvalue weighted by atomic mass is 9.84. The maximum atomic E-state index is 5.63. The van der Waals surface area contributed by atoms with Crippen LogP contribution in [-0.2, 0) is 12.8 Å². The third-order valence-corrected chi connectivity index (χ3v) is 6.25. The van der Waals surface area contributed by atoms with Gasteiger partial charge in [-0.1, -0.05) is 38.5 Å². The molecule has 4 unspecified atom stereocenters. The molecule has 2 fully saturated rings.